The molecule has 122 valence electrons. The van der Waals surface area contributed by atoms with Crippen LogP contribution in [0.5, 0.6) is 0 Å². The van der Waals surface area contributed by atoms with Crippen molar-refractivity contribution in [1.29, 1.82) is 0 Å². The minimum absolute atomic E-state index is 0.340. The fraction of sp³-hybridized carbons (Fsp3) is 0.375. The normalized spacial score (nSPS) is 16.6. The number of anilines is 1. The van der Waals surface area contributed by atoms with E-state index >= 15 is 0 Å². The van der Waals surface area contributed by atoms with Crippen molar-refractivity contribution in [2.75, 3.05) is 31.1 Å². The summed E-state index contributed by atoms with van der Waals surface area (Å²) in [4.78, 5) is 11.4. The minimum Gasteiger partial charge on any atom is -0.354 e. The summed E-state index contributed by atoms with van der Waals surface area (Å²) in [6.07, 6.45) is -3.46. The van der Waals surface area contributed by atoms with Crippen molar-refractivity contribution in [3.05, 3.63) is 54.0 Å². The number of piperazine rings is 1. The van der Waals surface area contributed by atoms with E-state index in [1.807, 2.05) is 23.1 Å². The minimum atomic E-state index is -4.44. The summed E-state index contributed by atoms with van der Waals surface area (Å²) < 4.78 is 38.2. The predicted octanol–water partition coefficient (Wildman–Crippen LogP) is 2.82. The van der Waals surface area contributed by atoms with Crippen LogP contribution >= 0.6 is 0 Å². The number of alkyl halides is 3. The first-order valence-electron chi connectivity index (χ1n) is 7.43. The van der Waals surface area contributed by atoms with E-state index in [9.17, 15) is 13.2 Å². The summed E-state index contributed by atoms with van der Waals surface area (Å²) in [5.41, 5.74) is 0.344. The Labute approximate surface area is 132 Å². The molecule has 3 rings (SSSR count). The largest absolute Gasteiger partial charge is 0.433 e. The monoisotopic (exact) mass is 322 g/mol. The highest BCUT2D eigenvalue weighted by Gasteiger charge is 2.33. The SMILES string of the molecule is FC(F)(F)c1cc(N2CCN(Cc3ccccc3)CC2)ncn1. The van der Waals surface area contributed by atoms with Gasteiger partial charge in [-0.25, -0.2) is 9.97 Å². The van der Waals surface area contributed by atoms with E-state index in [2.05, 4.69) is 27.0 Å². The molecule has 1 fully saturated rings. The molecule has 0 unspecified atom stereocenters. The van der Waals surface area contributed by atoms with Gasteiger partial charge in [-0.1, -0.05) is 30.3 Å². The summed E-state index contributed by atoms with van der Waals surface area (Å²) in [6, 6.07) is 11.2. The van der Waals surface area contributed by atoms with Gasteiger partial charge in [0.2, 0.25) is 0 Å². The van der Waals surface area contributed by atoms with Gasteiger partial charge in [0.05, 0.1) is 0 Å². The van der Waals surface area contributed by atoms with Crippen molar-refractivity contribution >= 4 is 5.82 Å². The highest BCUT2D eigenvalue weighted by molar-refractivity contribution is 5.40. The van der Waals surface area contributed by atoms with Crippen LogP contribution in [0.15, 0.2) is 42.7 Å². The molecule has 1 saturated heterocycles. The van der Waals surface area contributed by atoms with Crippen LogP contribution in [0.4, 0.5) is 19.0 Å². The molecule has 2 heterocycles. The molecule has 1 aromatic carbocycles. The number of aromatic nitrogens is 2. The molecular weight excluding hydrogens is 305 g/mol. The quantitative estimate of drug-likeness (QED) is 0.870. The Kier molecular flexibility index (Phi) is 4.47. The van der Waals surface area contributed by atoms with Crippen LogP contribution in [-0.4, -0.2) is 41.0 Å². The third-order valence-electron chi connectivity index (χ3n) is 3.89. The first kappa shape index (κ1) is 15.7. The van der Waals surface area contributed by atoms with Crippen molar-refractivity contribution in [1.82, 2.24) is 14.9 Å². The lowest BCUT2D eigenvalue weighted by Gasteiger charge is -2.35. The zero-order chi connectivity index (χ0) is 16.3. The zero-order valence-corrected chi connectivity index (χ0v) is 12.5. The third kappa shape index (κ3) is 3.98. The first-order valence-corrected chi connectivity index (χ1v) is 7.43. The standard InChI is InChI=1S/C16H17F3N4/c17-16(18,19)14-10-15(21-12-20-14)23-8-6-22(7-9-23)11-13-4-2-1-3-5-13/h1-5,10,12H,6-9,11H2. The van der Waals surface area contributed by atoms with Crippen LogP contribution in [0.2, 0.25) is 0 Å². The second-order valence-electron chi connectivity index (χ2n) is 5.51. The second kappa shape index (κ2) is 6.54. The Morgan fingerprint density at radius 2 is 1.65 bits per heavy atom. The molecule has 0 aliphatic carbocycles. The molecule has 0 N–H and O–H groups in total. The molecule has 2 aromatic rings. The third-order valence-corrected chi connectivity index (χ3v) is 3.89. The van der Waals surface area contributed by atoms with Crippen LogP contribution in [0.1, 0.15) is 11.3 Å². The number of rotatable bonds is 3. The van der Waals surface area contributed by atoms with Gasteiger partial charge in [0.1, 0.15) is 17.8 Å². The van der Waals surface area contributed by atoms with E-state index < -0.39 is 11.9 Å². The van der Waals surface area contributed by atoms with Gasteiger partial charge in [0, 0.05) is 38.8 Å². The molecule has 7 heteroatoms. The molecular formula is C16H17F3N4. The first-order chi connectivity index (χ1) is 11.0. The molecule has 1 aromatic heterocycles. The lowest BCUT2D eigenvalue weighted by atomic mass is 10.2. The second-order valence-corrected chi connectivity index (χ2v) is 5.51. The maximum Gasteiger partial charge on any atom is 0.433 e. The van der Waals surface area contributed by atoms with Crippen molar-refractivity contribution in [3.63, 3.8) is 0 Å². The van der Waals surface area contributed by atoms with Gasteiger partial charge in [-0.15, -0.1) is 0 Å². The molecule has 0 saturated carbocycles. The maximum atomic E-state index is 12.7. The fourth-order valence-corrected chi connectivity index (χ4v) is 2.65. The maximum absolute atomic E-state index is 12.7. The van der Waals surface area contributed by atoms with Crippen LogP contribution in [0.25, 0.3) is 0 Å². The van der Waals surface area contributed by atoms with Crippen LogP contribution in [-0.2, 0) is 12.7 Å². The van der Waals surface area contributed by atoms with Gasteiger partial charge in [0.15, 0.2) is 0 Å². The van der Waals surface area contributed by atoms with E-state index in [1.54, 1.807) is 0 Å². The number of hydrogen-bond acceptors (Lipinski definition) is 4. The molecule has 0 bridgehead atoms. The van der Waals surface area contributed by atoms with E-state index in [0.717, 1.165) is 32.0 Å². The highest BCUT2D eigenvalue weighted by atomic mass is 19.4. The van der Waals surface area contributed by atoms with Crippen molar-refractivity contribution in [2.24, 2.45) is 0 Å². The Morgan fingerprint density at radius 3 is 2.30 bits per heavy atom. The zero-order valence-electron chi connectivity index (χ0n) is 12.5. The van der Waals surface area contributed by atoms with Gasteiger partial charge in [-0.3, -0.25) is 4.90 Å². The average molecular weight is 322 g/mol. The van der Waals surface area contributed by atoms with Crippen LogP contribution in [0, 0.1) is 0 Å². The average Bonchev–Trinajstić information content (AvgIpc) is 2.56. The van der Waals surface area contributed by atoms with Gasteiger partial charge in [0.25, 0.3) is 0 Å². The van der Waals surface area contributed by atoms with Crippen LogP contribution in [0.3, 0.4) is 0 Å². The number of benzene rings is 1. The molecule has 0 amide bonds. The van der Waals surface area contributed by atoms with Crippen LogP contribution < -0.4 is 4.90 Å². The summed E-state index contributed by atoms with van der Waals surface area (Å²) >= 11 is 0. The number of hydrogen-bond donors (Lipinski definition) is 0. The van der Waals surface area contributed by atoms with E-state index in [4.69, 9.17) is 0 Å². The van der Waals surface area contributed by atoms with Gasteiger partial charge in [-0.2, -0.15) is 13.2 Å². The summed E-state index contributed by atoms with van der Waals surface area (Å²) in [7, 11) is 0. The van der Waals surface area contributed by atoms with E-state index in [0.29, 0.717) is 18.9 Å². The Morgan fingerprint density at radius 1 is 0.957 bits per heavy atom. The van der Waals surface area contributed by atoms with Gasteiger partial charge >= 0.3 is 6.18 Å². The molecule has 0 atom stereocenters. The Bertz CT molecular complexity index is 637. The smallest absolute Gasteiger partial charge is 0.354 e. The molecule has 0 spiro atoms. The lowest BCUT2D eigenvalue weighted by Crippen LogP contribution is -2.46. The van der Waals surface area contributed by atoms with Gasteiger partial charge in [-0.05, 0) is 5.56 Å². The van der Waals surface area contributed by atoms with E-state index in [-0.39, 0.29) is 0 Å². The molecule has 0 radical (unpaired) electrons. The Balaban J connectivity index is 1.61. The topological polar surface area (TPSA) is 32.3 Å². The molecule has 1 aliphatic heterocycles. The summed E-state index contributed by atoms with van der Waals surface area (Å²) in [6.45, 7) is 3.75. The lowest BCUT2D eigenvalue weighted by molar-refractivity contribution is -0.141. The molecule has 1 aliphatic rings. The van der Waals surface area contributed by atoms with Crippen molar-refractivity contribution in [2.45, 2.75) is 12.7 Å². The Hall–Kier alpha value is -2.15. The highest BCUT2D eigenvalue weighted by Crippen LogP contribution is 2.29. The fourth-order valence-electron chi connectivity index (χ4n) is 2.65. The predicted molar refractivity (Wildman–Crippen MR) is 81.0 cm³/mol. The molecule has 23 heavy (non-hydrogen) atoms. The number of nitrogens with zero attached hydrogens (tertiary/aromatic N) is 4. The molecule has 4 nitrogen and oxygen atoms in total. The van der Waals surface area contributed by atoms with Crippen molar-refractivity contribution < 1.29 is 13.2 Å². The van der Waals surface area contributed by atoms with Gasteiger partial charge < -0.3 is 4.90 Å². The number of halogens is 3. The summed E-state index contributed by atoms with van der Waals surface area (Å²) in [5.74, 6) is 0.340. The van der Waals surface area contributed by atoms with Crippen molar-refractivity contribution in [3.8, 4) is 0 Å². The summed E-state index contributed by atoms with van der Waals surface area (Å²) in [5, 5.41) is 0. The van der Waals surface area contributed by atoms with E-state index in [1.165, 1.54) is 5.56 Å².